The van der Waals surface area contributed by atoms with E-state index >= 15 is 0 Å². The summed E-state index contributed by atoms with van der Waals surface area (Å²) in [4.78, 5) is 0. The van der Waals surface area contributed by atoms with Crippen LogP contribution < -0.4 is 0 Å². The molecule has 3 unspecified atom stereocenters. The van der Waals surface area contributed by atoms with Crippen molar-refractivity contribution in [3.63, 3.8) is 0 Å². The summed E-state index contributed by atoms with van der Waals surface area (Å²) in [5.41, 5.74) is 6.56. The minimum atomic E-state index is -0.424. The van der Waals surface area contributed by atoms with Crippen molar-refractivity contribution in [2.24, 2.45) is 0 Å². The topological polar surface area (TPSA) is 58.9 Å². The molecule has 2 N–H and O–H groups in total. The zero-order valence-electron chi connectivity index (χ0n) is 17.7. The van der Waals surface area contributed by atoms with E-state index in [-0.39, 0.29) is 24.4 Å². The standard InChI is InChI=1S/C26H32O4/c1-17-2-5-20(25-13-23(28)12-24(15-27)30-25)11-21(17)10-18-3-6-19(7-4-18)22-14-26(8-9-26)29-16-22/h2-7,11,22-25,27-28H,8-10,12-16H2,1H3/t22?,23?,24?,25-/m0/s1. The fraction of sp³-hybridized carbons (Fsp3) is 0.538. The van der Waals surface area contributed by atoms with Gasteiger partial charge in [0.15, 0.2) is 0 Å². The van der Waals surface area contributed by atoms with Crippen LogP contribution in [0.4, 0.5) is 0 Å². The van der Waals surface area contributed by atoms with Crippen molar-refractivity contribution in [1.29, 1.82) is 0 Å². The second-order valence-electron chi connectivity index (χ2n) is 9.55. The van der Waals surface area contributed by atoms with Gasteiger partial charge in [-0.15, -0.1) is 0 Å². The SMILES string of the molecule is Cc1ccc([C@@H]2CC(O)CC(CO)O2)cc1Cc1ccc(C2COC3(CC3)C2)cc1. The largest absolute Gasteiger partial charge is 0.394 e. The molecule has 0 aromatic heterocycles. The van der Waals surface area contributed by atoms with E-state index in [1.807, 2.05) is 0 Å². The average Bonchev–Trinajstić information content (AvgIpc) is 3.38. The number of hydrogen-bond acceptors (Lipinski definition) is 4. The highest BCUT2D eigenvalue weighted by Crippen LogP contribution is 2.51. The molecule has 1 aliphatic carbocycles. The van der Waals surface area contributed by atoms with E-state index in [2.05, 4.69) is 49.4 Å². The molecule has 4 nitrogen and oxygen atoms in total. The third-order valence-electron chi connectivity index (χ3n) is 7.19. The molecule has 0 bridgehead atoms. The second-order valence-corrected chi connectivity index (χ2v) is 9.55. The molecule has 1 saturated carbocycles. The Morgan fingerprint density at radius 1 is 1.03 bits per heavy atom. The molecule has 3 aliphatic rings. The van der Waals surface area contributed by atoms with E-state index in [0.29, 0.717) is 18.8 Å². The van der Waals surface area contributed by atoms with Crippen molar-refractivity contribution >= 4 is 0 Å². The summed E-state index contributed by atoms with van der Waals surface area (Å²) in [6.07, 6.45) is 4.74. The van der Waals surface area contributed by atoms with E-state index in [0.717, 1.165) is 18.6 Å². The predicted octanol–water partition coefficient (Wildman–Crippen LogP) is 4.20. The Balaban J connectivity index is 1.29. The molecule has 4 heteroatoms. The molecule has 0 amide bonds. The number of aliphatic hydroxyl groups excluding tert-OH is 2. The van der Waals surface area contributed by atoms with Gasteiger partial charge in [0.1, 0.15) is 0 Å². The van der Waals surface area contributed by atoms with Crippen LogP contribution in [0.25, 0.3) is 0 Å². The molecule has 0 radical (unpaired) electrons. The molecule has 2 saturated heterocycles. The lowest BCUT2D eigenvalue weighted by Crippen LogP contribution is -2.33. The fourth-order valence-electron chi connectivity index (χ4n) is 5.08. The smallest absolute Gasteiger partial charge is 0.0854 e. The third kappa shape index (κ3) is 4.19. The van der Waals surface area contributed by atoms with Crippen LogP contribution in [-0.4, -0.2) is 41.2 Å². The number of ether oxygens (including phenoxy) is 2. The maximum absolute atomic E-state index is 10.2. The van der Waals surface area contributed by atoms with Crippen molar-refractivity contribution in [2.45, 2.75) is 75.3 Å². The summed E-state index contributed by atoms with van der Waals surface area (Å²) < 4.78 is 12.0. The van der Waals surface area contributed by atoms with Gasteiger partial charge in [-0.3, -0.25) is 0 Å². The minimum Gasteiger partial charge on any atom is -0.394 e. The van der Waals surface area contributed by atoms with Crippen molar-refractivity contribution < 1.29 is 19.7 Å². The van der Waals surface area contributed by atoms with Crippen LogP contribution in [0.5, 0.6) is 0 Å². The van der Waals surface area contributed by atoms with Gasteiger partial charge in [-0.25, -0.2) is 0 Å². The van der Waals surface area contributed by atoms with Crippen molar-refractivity contribution in [2.75, 3.05) is 13.2 Å². The van der Waals surface area contributed by atoms with Crippen molar-refractivity contribution in [3.05, 3.63) is 70.3 Å². The van der Waals surface area contributed by atoms with Gasteiger partial charge >= 0.3 is 0 Å². The lowest BCUT2D eigenvalue weighted by Gasteiger charge is -2.32. The highest BCUT2D eigenvalue weighted by Gasteiger charge is 2.50. The second kappa shape index (κ2) is 8.08. The Labute approximate surface area is 178 Å². The van der Waals surface area contributed by atoms with Gasteiger partial charge in [-0.2, -0.15) is 0 Å². The maximum atomic E-state index is 10.2. The third-order valence-corrected chi connectivity index (χ3v) is 7.19. The molecule has 2 aliphatic heterocycles. The molecular weight excluding hydrogens is 376 g/mol. The molecule has 30 heavy (non-hydrogen) atoms. The van der Waals surface area contributed by atoms with Gasteiger partial charge in [0.2, 0.25) is 0 Å². The molecule has 2 aromatic carbocycles. The van der Waals surface area contributed by atoms with Crippen molar-refractivity contribution in [3.8, 4) is 0 Å². The summed E-state index contributed by atoms with van der Waals surface area (Å²) in [7, 11) is 0. The highest BCUT2D eigenvalue weighted by atomic mass is 16.5. The van der Waals surface area contributed by atoms with Crippen molar-refractivity contribution in [1.82, 2.24) is 0 Å². The number of aryl methyl sites for hydroxylation is 1. The molecule has 5 rings (SSSR count). The van der Waals surface area contributed by atoms with Gasteiger partial charge in [0.25, 0.3) is 0 Å². The first kappa shape index (κ1) is 20.2. The van der Waals surface area contributed by atoms with E-state index in [1.165, 1.54) is 41.5 Å². The molecule has 160 valence electrons. The molecule has 4 atom stereocenters. The molecular formula is C26H32O4. The summed E-state index contributed by atoms with van der Waals surface area (Å²) in [6, 6.07) is 15.5. The van der Waals surface area contributed by atoms with Crippen LogP contribution in [0, 0.1) is 6.92 Å². The van der Waals surface area contributed by atoms with Crippen LogP contribution in [0.1, 0.15) is 71.9 Å². The van der Waals surface area contributed by atoms with Gasteiger partial charge in [0.05, 0.1) is 37.1 Å². The van der Waals surface area contributed by atoms with Gasteiger partial charge in [0, 0.05) is 18.8 Å². The molecule has 3 fully saturated rings. The zero-order chi connectivity index (χ0) is 20.7. The lowest BCUT2D eigenvalue weighted by atomic mass is 9.91. The number of benzene rings is 2. The van der Waals surface area contributed by atoms with E-state index in [4.69, 9.17) is 9.47 Å². The van der Waals surface area contributed by atoms with Crippen LogP contribution in [0.3, 0.4) is 0 Å². The molecule has 2 aromatic rings. The van der Waals surface area contributed by atoms with E-state index in [9.17, 15) is 10.2 Å². The Morgan fingerprint density at radius 2 is 1.80 bits per heavy atom. The quantitative estimate of drug-likeness (QED) is 0.779. The van der Waals surface area contributed by atoms with Gasteiger partial charge < -0.3 is 19.7 Å². The summed E-state index contributed by atoms with van der Waals surface area (Å²) in [5, 5.41) is 19.6. The van der Waals surface area contributed by atoms with Gasteiger partial charge in [-0.1, -0.05) is 42.5 Å². The Hall–Kier alpha value is -1.72. The van der Waals surface area contributed by atoms with E-state index < -0.39 is 6.10 Å². The first-order valence-corrected chi connectivity index (χ1v) is 11.3. The zero-order valence-corrected chi connectivity index (χ0v) is 17.7. The van der Waals surface area contributed by atoms with Crippen LogP contribution >= 0.6 is 0 Å². The Bertz CT molecular complexity index is 886. The normalized spacial score (nSPS) is 30.0. The summed E-state index contributed by atoms with van der Waals surface area (Å²) in [6.45, 7) is 2.96. The van der Waals surface area contributed by atoms with E-state index in [1.54, 1.807) is 0 Å². The minimum absolute atomic E-state index is 0.0498. The summed E-state index contributed by atoms with van der Waals surface area (Å²) >= 11 is 0. The number of hydrogen-bond donors (Lipinski definition) is 2. The average molecular weight is 409 g/mol. The molecule has 2 heterocycles. The number of aliphatic hydroxyl groups is 2. The number of rotatable bonds is 5. The first-order chi connectivity index (χ1) is 14.5. The predicted molar refractivity (Wildman–Crippen MR) is 116 cm³/mol. The fourth-order valence-corrected chi connectivity index (χ4v) is 5.08. The lowest BCUT2D eigenvalue weighted by molar-refractivity contribution is -0.113. The maximum Gasteiger partial charge on any atom is 0.0854 e. The van der Waals surface area contributed by atoms with Crippen LogP contribution in [-0.2, 0) is 15.9 Å². The van der Waals surface area contributed by atoms with Crippen LogP contribution in [0.2, 0.25) is 0 Å². The summed E-state index contributed by atoms with van der Waals surface area (Å²) in [5.74, 6) is 0.543. The monoisotopic (exact) mass is 408 g/mol. The highest BCUT2D eigenvalue weighted by molar-refractivity contribution is 5.38. The van der Waals surface area contributed by atoms with Crippen LogP contribution in [0.15, 0.2) is 42.5 Å². The Morgan fingerprint density at radius 3 is 2.50 bits per heavy atom. The first-order valence-electron chi connectivity index (χ1n) is 11.3. The van der Waals surface area contributed by atoms with Gasteiger partial charge in [-0.05, 0) is 60.4 Å². The molecule has 1 spiro atoms. The Kier molecular flexibility index (Phi) is 5.44.